The number of guanidine groups is 1. The Balaban J connectivity index is 0.00000385. The van der Waals surface area contributed by atoms with E-state index in [4.69, 9.17) is 9.73 Å². The van der Waals surface area contributed by atoms with Crippen molar-refractivity contribution in [3.05, 3.63) is 42.2 Å². The van der Waals surface area contributed by atoms with Crippen molar-refractivity contribution in [2.45, 2.75) is 52.6 Å². The van der Waals surface area contributed by atoms with Gasteiger partial charge in [0.05, 0.1) is 12.3 Å². The maximum absolute atomic E-state index is 5.75. The van der Waals surface area contributed by atoms with E-state index in [2.05, 4.69) is 33.8 Å². The molecule has 2 N–H and O–H groups in total. The van der Waals surface area contributed by atoms with Crippen molar-refractivity contribution < 1.29 is 4.74 Å². The molecule has 2 heterocycles. The van der Waals surface area contributed by atoms with E-state index in [1.807, 2.05) is 56.0 Å². The largest absolute Gasteiger partial charge is 0.491 e. The van der Waals surface area contributed by atoms with Crippen molar-refractivity contribution in [1.29, 1.82) is 0 Å². The lowest BCUT2D eigenvalue weighted by molar-refractivity contribution is 0.192. The van der Waals surface area contributed by atoms with Crippen LogP contribution < -0.4 is 15.4 Å². The van der Waals surface area contributed by atoms with Crippen LogP contribution >= 0.6 is 24.0 Å². The summed E-state index contributed by atoms with van der Waals surface area (Å²) < 4.78 is 7.59. The summed E-state index contributed by atoms with van der Waals surface area (Å²) >= 11 is 0. The zero-order valence-electron chi connectivity index (χ0n) is 20.6. The molecule has 1 fully saturated rings. The number of aromatic nitrogens is 2. The van der Waals surface area contributed by atoms with E-state index in [-0.39, 0.29) is 30.1 Å². The lowest BCUT2D eigenvalue weighted by Crippen LogP contribution is -2.34. The number of likely N-dealkylation sites (tertiary alicyclic amines) is 1. The highest BCUT2D eigenvalue weighted by molar-refractivity contribution is 14.0. The average molecular weight is 569 g/mol. The number of nitrogens with one attached hydrogen (secondary N) is 2. The summed E-state index contributed by atoms with van der Waals surface area (Å²) in [6, 6.07) is 8.05. The lowest BCUT2D eigenvalue weighted by atomic mass is 9.99. The quantitative estimate of drug-likeness (QED) is 0.191. The van der Waals surface area contributed by atoms with Crippen LogP contribution in [0.4, 0.5) is 5.69 Å². The summed E-state index contributed by atoms with van der Waals surface area (Å²) in [6.45, 7) is 11.6. The standard InChI is InChI=1S/C25H40N6O.HI/c1-20(2)32-24-8-6-23(7-9-24)29-25(27-14-10-22-18-28-30(4)19-22)26-13-5-15-31-16-11-21(3)12-17-31;/h6-9,18-21H,5,10-17H2,1-4H3,(H2,26,27,29);1H. The molecule has 8 heteroatoms. The van der Waals surface area contributed by atoms with Crippen molar-refractivity contribution in [2.24, 2.45) is 18.0 Å². The van der Waals surface area contributed by atoms with E-state index in [0.29, 0.717) is 0 Å². The predicted octanol–water partition coefficient (Wildman–Crippen LogP) is 4.55. The van der Waals surface area contributed by atoms with Gasteiger partial charge in [-0.05, 0) is 94.9 Å². The second-order valence-corrected chi connectivity index (χ2v) is 9.12. The molecule has 7 nitrogen and oxygen atoms in total. The van der Waals surface area contributed by atoms with Gasteiger partial charge in [-0.2, -0.15) is 5.10 Å². The Morgan fingerprint density at radius 2 is 1.94 bits per heavy atom. The fraction of sp³-hybridized carbons (Fsp3) is 0.600. The van der Waals surface area contributed by atoms with Gasteiger partial charge in [0.2, 0.25) is 0 Å². The van der Waals surface area contributed by atoms with Crippen LogP contribution in [-0.2, 0) is 13.5 Å². The van der Waals surface area contributed by atoms with Gasteiger partial charge >= 0.3 is 0 Å². The zero-order valence-corrected chi connectivity index (χ0v) is 22.9. The highest BCUT2D eigenvalue weighted by Gasteiger charge is 2.14. The molecule has 2 aromatic rings. The number of aliphatic imine (C=N–C) groups is 1. The van der Waals surface area contributed by atoms with Crippen molar-refractivity contribution >= 4 is 35.6 Å². The van der Waals surface area contributed by atoms with Crippen LogP contribution in [0.3, 0.4) is 0 Å². The molecule has 1 aromatic heterocycles. The third-order valence-corrected chi connectivity index (χ3v) is 5.73. The summed E-state index contributed by atoms with van der Waals surface area (Å²) in [4.78, 5) is 7.42. The number of benzene rings is 1. The van der Waals surface area contributed by atoms with Crippen LogP contribution in [0.1, 0.15) is 45.6 Å². The van der Waals surface area contributed by atoms with E-state index in [1.54, 1.807) is 0 Å². The van der Waals surface area contributed by atoms with E-state index >= 15 is 0 Å². The molecule has 1 aliphatic heterocycles. The molecule has 0 radical (unpaired) electrons. The Morgan fingerprint density at radius 1 is 1.21 bits per heavy atom. The van der Waals surface area contributed by atoms with Crippen LogP contribution in [0, 0.1) is 5.92 Å². The minimum Gasteiger partial charge on any atom is -0.491 e. The smallest absolute Gasteiger partial charge is 0.195 e. The fourth-order valence-corrected chi connectivity index (χ4v) is 3.86. The van der Waals surface area contributed by atoms with Crippen LogP contribution in [0.25, 0.3) is 0 Å². The molecule has 0 spiro atoms. The number of aryl methyl sites for hydroxylation is 1. The number of piperidine rings is 1. The Morgan fingerprint density at radius 3 is 2.58 bits per heavy atom. The third-order valence-electron chi connectivity index (χ3n) is 5.73. The lowest BCUT2D eigenvalue weighted by Gasteiger charge is -2.29. The summed E-state index contributed by atoms with van der Waals surface area (Å²) in [5, 5.41) is 11.2. The average Bonchev–Trinajstić information content (AvgIpc) is 3.18. The molecule has 0 saturated carbocycles. The fourth-order valence-electron chi connectivity index (χ4n) is 3.86. The SMILES string of the molecule is CC1CCN(CCCN=C(NCCc2cnn(C)c2)Nc2ccc(OC(C)C)cc2)CC1.I. The van der Waals surface area contributed by atoms with Gasteiger partial charge in [-0.25, -0.2) is 0 Å². The molecule has 184 valence electrons. The molecule has 0 unspecified atom stereocenters. The van der Waals surface area contributed by atoms with Gasteiger partial charge in [0.1, 0.15) is 5.75 Å². The Kier molecular flexibility index (Phi) is 12.0. The zero-order chi connectivity index (χ0) is 22.8. The van der Waals surface area contributed by atoms with Gasteiger partial charge < -0.3 is 20.3 Å². The minimum absolute atomic E-state index is 0. The number of anilines is 1. The van der Waals surface area contributed by atoms with Gasteiger partial charge in [-0.1, -0.05) is 6.92 Å². The molecule has 0 atom stereocenters. The Bertz CT molecular complexity index is 828. The van der Waals surface area contributed by atoms with Crippen molar-refractivity contribution in [2.75, 3.05) is 38.0 Å². The van der Waals surface area contributed by atoms with Gasteiger partial charge in [-0.3, -0.25) is 9.67 Å². The third kappa shape index (κ3) is 10.3. The Hall–Kier alpha value is -1.81. The number of nitrogens with zero attached hydrogens (tertiary/aromatic N) is 4. The molecule has 1 aromatic carbocycles. The molecule has 1 aliphatic rings. The summed E-state index contributed by atoms with van der Waals surface area (Å²) in [6.07, 6.45) is 8.76. The van der Waals surface area contributed by atoms with Crippen LogP contribution in [0.15, 0.2) is 41.7 Å². The van der Waals surface area contributed by atoms with E-state index in [0.717, 1.165) is 55.8 Å². The van der Waals surface area contributed by atoms with E-state index in [9.17, 15) is 0 Å². The maximum atomic E-state index is 5.75. The van der Waals surface area contributed by atoms with E-state index < -0.39 is 0 Å². The minimum atomic E-state index is 0. The summed E-state index contributed by atoms with van der Waals surface area (Å²) in [5.41, 5.74) is 2.22. The number of halogens is 1. The van der Waals surface area contributed by atoms with Gasteiger partial charge in [-0.15, -0.1) is 24.0 Å². The van der Waals surface area contributed by atoms with Crippen molar-refractivity contribution in [3.63, 3.8) is 0 Å². The van der Waals surface area contributed by atoms with Gasteiger partial charge in [0.15, 0.2) is 5.96 Å². The van der Waals surface area contributed by atoms with Crippen molar-refractivity contribution in [1.82, 2.24) is 20.0 Å². The first kappa shape index (κ1) is 27.4. The van der Waals surface area contributed by atoms with Crippen LogP contribution in [0.5, 0.6) is 5.75 Å². The highest BCUT2D eigenvalue weighted by atomic mass is 127. The topological polar surface area (TPSA) is 66.7 Å². The molecule has 3 rings (SSSR count). The number of ether oxygens (including phenoxy) is 1. The molecule has 0 amide bonds. The first-order valence-electron chi connectivity index (χ1n) is 12.0. The van der Waals surface area contributed by atoms with Gasteiger partial charge in [0.25, 0.3) is 0 Å². The number of hydrogen-bond acceptors (Lipinski definition) is 4. The first-order chi connectivity index (χ1) is 15.5. The van der Waals surface area contributed by atoms with Crippen LogP contribution in [-0.4, -0.2) is 59.5 Å². The highest BCUT2D eigenvalue weighted by Crippen LogP contribution is 2.17. The molecule has 1 saturated heterocycles. The van der Waals surface area contributed by atoms with Crippen molar-refractivity contribution in [3.8, 4) is 5.75 Å². The molecule has 33 heavy (non-hydrogen) atoms. The molecular formula is C25H41IN6O. The van der Waals surface area contributed by atoms with Gasteiger partial charge in [0, 0.05) is 32.0 Å². The summed E-state index contributed by atoms with van der Waals surface area (Å²) in [5.74, 6) is 2.57. The number of rotatable bonds is 10. The normalized spacial score (nSPS) is 15.4. The maximum Gasteiger partial charge on any atom is 0.195 e. The molecule has 0 aliphatic carbocycles. The van der Waals surface area contributed by atoms with Crippen LogP contribution in [0.2, 0.25) is 0 Å². The second-order valence-electron chi connectivity index (χ2n) is 9.12. The van der Waals surface area contributed by atoms with E-state index in [1.165, 1.54) is 31.5 Å². The first-order valence-corrected chi connectivity index (χ1v) is 12.0. The predicted molar refractivity (Wildman–Crippen MR) is 148 cm³/mol. The molecule has 0 bridgehead atoms. The Labute approximate surface area is 216 Å². The number of hydrogen-bond donors (Lipinski definition) is 2. The monoisotopic (exact) mass is 568 g/mol. The second kappa shape index (κ2) is 14.5. The molecular weight excluding hydrogens is 527 g/mol. The summed E-state index contributed by atoms with van der Waals surface area (Å²) in [7, 11) is 1.95.